The quantitative estimate of drug-likeness (QED) is 0.690. The van der Waals surface area contributed by atoms with E-state index in [9.17, 15) is 9.59 Å². The molecule has 20 heavy (non-hydrogen) atoms. The van der Waals surface area contributed by atoms with Gasteiger partial charge in [0.15, 0.2) is 0 Å². The molecular formula is C15H27N3O2. The number of carbonyl (C=O) groups excluding carboxylic acids is 2. The zero-order valence-corrected chi connectivity index (χ0v) is 13.8. The fourth-order valence-electron chi connectivity index (χ4n) is 4.06. The minimum absolute atomic E-state index is 0.0262. The maximum Gasteiger partial charge on any atom is 0.327 e. The number of hydrogen-bond acceptors (Lipinski definition) is 3. The van der Waals surface area contributed by atoms with Gasteiger partial charge in [-0.3, -0.25) is 14.6 Å². The zero-order chi connectivity index (χ0) is 15.5. The van der Waals surface area contributed by atoms with Crippen molar-refractivity contribution in [2.75, 3.05) is 20.6 Å². The molecule has 0 bridgehead atoms. The normalized spacial score (nSPS) is 28.6. The molecule has 0 saturated carbocycles. The van der Waals surface area contributed by atoms with Crippen LogP contribution in [0.5, 0.6) is 0 Å². The van der Waals surface area contributed by atoms with E-state index >= 15 is 0 Å². The van der Waals surface area contributed by atoms with E-state index in [1.165, 1.54) is 4.90 Å². The molecule has 5 nitrogen and oxygen atoms in total. The Morgan fingerprint density at radius 3 is 1.80 bits per heavy atom. The van der Waals surface area contributed by atoms with E-state index in [1.807, 2.05) is 6.92 Å². The Kier molecular flexibility index (Phi) is 3.21. The van der Waals surface area contributed by atoms with Crippen molar-refractivity contribution in [3.05, 3.63) is 0 Å². The lowest BCUT2D eigenvalue weighted by atomic mass is 9.68. The second-order valence-corrected chi connectivity index (χ2v) is 7.46. The topological polar surface area (TPSA) is 43.9 Å². The van der Waals surface area contributed by atoms with Crippen molar-refractivity contribution in [1.82, 2.24) is 14.7 Å². The molecule has 0 atom stereocenters. The first-order chi connectivity index (χ1) is 8.99. The lowest BCUT2D eigenvalue weighted by Crippen LogP contribution is -2.68. The predicted molar refractivity (Wildman–Crippen MR) is 78.4 cm³/mol. The van der Waals surface area contributed by atoms with Crippen LogP contribution in [0.3, 0.4) is 0 Å². The fraction of sp³-hybridized carbons (Fsp3) is 0.867. The van der Waals surface area contributed by atoms with Crippen molar-refractivity contribution >= 4 is 11.9 Å². The molecule has 2 fully saturated rings. The number of rotatable bonds is 1. The van der Waals surface area contributed by atoms with Crippen LogP contribution < -0.4 is 0 Å². The number of likely N-dealkylation sites (N-methyl/N-ethyl adjacent to an activating group) is 2. The van der Waals surface area contributed by atoms with E-state index < -0.39 is 5.54 Å². The van der Waals surface area contributed by atoms with Crippen molar-refractivity contribution in [1.29, 1.82) is 0 Å². The lowest BCUT2D eigenvalue weighted by Gasteiger charge is -2.57. The number of imide groups is 1. The second kappa shape index (κ2) is 4.20. The first-order valence-electron chi connectivity index (χ1n) is 7.33. The monoisotopic (exact) mass is 281 g/mol. The van der Waals surface area contributed by atoms with E-state index in [4.69, 9.17) is 0 Å². The van der Waals surface area contributed by atoms with Gasteiger partial charge in [-0.1, -0.05) is 0 Å². The summed E-state index contributed by atoms with van der Waals surface area (Å²) < 4.78 is 0. The van der Waals surface area contributed by atoms with Gasteiger partial charge in [0.25, 0.3) is 5.91 Å². The first-order valence-corrected chi connectivity index (χ1v) is 7.33. The average Bonchev–Trinajstić information content (AvgIpc) is 2.48. The number of urea groups is 1. The van der Waals surface area contributed by atoms with Crippen molar-refractivity contribution in [2.45, 2.75) is 64.1 Å². The molecule has 0 unspecified atom stereocenters. The smallest absolute Gasteiger partial charge is 0.312 e. The van der Waals surface area contributed by atoms with Crippen molar-refractivity contribution in [3.63, 3.8) is 0 Å². The highest BCUT2D eigenvalue weighted by Gasteiger charge is 2.62. The molecule has 114 valence electrons. The van der Waals surface area contributed by atoms with Crippen LogP contribution in [0.1, 0.15) is 47.5 Å². The summed E-state index contributed by atoms with van der Waals surface area (Å²) in [5, 5.41) is 0. The number of hydrogen-bond donors (Lipinski definition) is 0. The van der Waals surface area contributed by atoms with E-state index in [-0.39, 0.29) is 23.0 Å². The molecule has 2 aliphatic heterocycles. The lowest BCUT2D eigenvalue weighted by molar-refractivity contribution is -0.144. The third-order valence-electron chi connectivity index (χ3n) is 5.39. The van der Waals surface area contributed by atoms with E-state index in [1.54, 1.807) is 11.9 Å². The molecule has 5 heteroatoms. The highest BCUT2D eigenvalue weighted by Crippen LogP contribution is 2.48. The predicted octanol–water partition coefficient (Wildman–Crippen LogP) is 1.92. The van der Waals surface area contributed by atoms with E-state index in [2.05, 4.69) is 39.6 Å². The highest BCUT2D eigenvalue weighted by atomic mass is 16.2. The van der Waals surface area contributed by atoms with Gasteiger partial charge >= 0.3 is 6.03 Å². The van der Waals surface area contributed by atoms with Crippen LogP contribution in [0.25, 0.3) is 0 Å². The maximum absolute atomic E-state index is 12.9. The number of nitrogens with zero attached hydrogens (tertiary/aromatic N) is 3. The summed E-state index contributed by atoms with van der Waals surface area (Å²) in [6, 6.07) is -0.159. The summed E-state index contributed by atoms with van der Waals surface area (Å²) in [6.45, 7) is 10.9. The van der Waals surface area contributed by atoms with Crippen molar-refractivity contribution < 1.29 is 9.59 Å². The van der Waals surface area contributed by atoms with Gasteiger partial charge in [-0.25, -0.2) is 4.79 Å². The molecule has 0 N–H and O–H groups in total. The standard InChI is InChI=1S/C15H27N3O2/c1-8-18-11(19)15(16(6)12(18)20)9-13(2,3)17(7)14(4,5)10-15/h8-10H2,1-7H3. The van der Waals surface area contributed by atoms with Gasteiger partial charge < -0.3 is 4.90 Å². The highest BCUT2D eigenvalue weighted by molar-refractivity contribution is 6.07. The molecule has 0 aromatic carbocycles. The molecule has 2 aliphatic rings. The maximum atomic E-state index is 12.9. The van der Waals surface area contributed by atoms with Gasteiger partial charge in [0.1, 0.15) is 5.54 Å². The molecule has 2 saturated heterocycles. The Labute approximate surface area is 121 Å². The van der Waals surface area contributed by atoms with Crippen LogP contribution in [0.4, 0.5) is 4.79 Å². The van der Waals surface area contributed by atoms with Crippen LogP contribution in [-0.4, -0.2) is 63.9 Å². The molecule has 0 aromatic heterocycles. The van der Waals surface area contributed by atoms with E-state index in [0.717, 1.165) is 0 Å². The number of amides is 3. The van der Waals surface area contributed by atoms with Gasteiger partial charge in [0.05, 0.1) is 0 Å². The minimum Gasteiger partial charge on any atom is -0.312 e. The molecule has 2 rings (SSSR count). The average molecular weight is 281 g/mol. The largest absolute Gasteiger partial charge is 0.327 e. The van der Waals surface area contributed by atoms with Crippen LogP contribution in [-0.2, 0) is 4.79 Å². The van der Waals surface area contributed by atoms with Gasteiger partial charge in [0, 0.05) is 24.7 Å². The summed E-state index contributed by atoms with van der Waals surface area (Å²) >= 11 is 0. The van der Waals surface area contributed by atoms with E-state index in [0.29, 0.717) is 19.4 Å². The minimum atomic E-state index is -0.688. The molecule has 0 aromatic rings. The second-order valence-electron chi connectivity index (χ2n) is 7.46. The molecule has 1 spiro atoms. The molecule has 3 amide bonds. The van der Waals surface area contributed by atoms with Gasteiger partial charge in [-0.15, -0.1) is 0 Å². The zero-order valence-electron chi connectivity index (χ0n) is 13.8. The Morgan fingerprint density at radius 2 is 1.45 bits per heavy atom. The summed E-state index contributed by atoms with van der Waals surface area (Å²) in [5.41, 5.74) is -0.946. The Morgan fingerprint density at radius 1 is 1.00 bits per heavy atom. The summed E-state index contributed by atoms with van der Waals surface area (Å²) in [6.07, 6.45) is 1.36. The summed E-state index contributed by atoms with van der Waals surface area (Å²) in [7, 11) is 3.87. The van der Waals surface area contributed by atoms with Gasteiger partial charge in [0.2, 0.25) is 0 Å². The Hall–Kier alpha value is -1.10. The SMILES string of the molecule is CCN1C(=O)N(C)C2(CC(C)(C)N(C)C(C)(C)C2)C1=O. The third kappa shape index (κ3) is 1.79. The first kappa shape index (κ1) is 15.3. The summed E-state index contributed by atoms with van der Waals surface area (Å²) in [5.74, 6) is -0.0262. The number of piperidine rings is 1. The molecule has 0 aliphatic carbocycles. The Bertz CT molecular complexity index is 438. The fourth-order valence-corrected chi connectivity index (χ4v) is 4.06. The summed E-state index contributed by atoms with van der Waals surface area (Å²) in [4.78, 5) is 30.6. The number of carbonyl (C=O) groups is 2. The van der Waals surface area contributed by atoms with Crippen LogP contribution in [0, 0.1) is 0 Å². The van der Waals surface area contributed by atoms with Gasteiger partial charge in [-0.05, 0) is 54.5 Å². The number of likely N-dealkylation sites (tertiary alicyclic amines) is 1. The van der Waals surface area contributed by atoms with Crippen molar-refractivity contribution in [3.8, 4) is 0 Å². The third-order valence-corrected chi connectivity index (χ3v) is 5.39. The van der Waals surface area contributed by atoms with Crippen molar-refractivity contribution in [2.24, 2.45) is 0 Å². The van der Waals surface area contributed by atoms with Crippen LogP contribution in [0.2, 0.25) is 0 Å². The van der Waals surface area contributed by atoms with Crippen LogP contribution >= 0.6 is 0 Å². The molecule has 0 radical (unpaired) electrons. The Balaban J connectivity index is 2.51. The van der Waals surface area contributed by atoms with Gasteiger partial charge in [-0.2, -0.15) is 0 Å². The molecular weight excluding hydrogens is 254 g/mol. The van der Waals surface area contributed by atoms with Crippen LogP contribution in [0.15, 0.2) is 0 Å². The molecule has 2 heterocycles.